The summed E-state index contributed by atoms with van der Waals surface area (Å²) in [5, 5.41) is 3.21. The molecule has 0 aliphatic carbocycles. The molecule has 1 N–H and O–H groups in total. The number of rotatable bonds is 10. The maximum absolute atomic E-state index is 13.7. The molecule has 2 aliphatic rings. The number of nitrogens with zero attached hydrogens (tertiary/aromatic N) is 3. The molecule has 1 amide bonds. The summed E-state index contributed by atoms with van der Waals surface area (Å²) in [4.78, 5) is 19.5. The van der Waals surface area contributed by atoms with Gasteiger partial charge in [0.15, 0.2) is 0 Å². The van der Waals surface area contributed by atoms with Crippen LogP contribution in [0.15, 0.2) is 42.5 Å². The number of hydrogen-bond donors (Lipinski definition) is 1. The molecule has 2 aromatic rings. The lowest BCUT2D eigenvalue weighted by molar-refractivity contribution is -0.139. The molecule has 1 fully saturated rings. The molecule has 0 radical (unpaired) electrons. The number of carbonyl (C=O) groups is 1. The van der Waals surface area contributed by atoms with Gasteiger partial charge in [-0.05, 0) is 23.6 Å². The van der Waals surface area contributed by atoms with Gasteiger partial charge < -0.3 is 19.7 Å². The van der Waals surface area contributed by atoms with Gasteiger partial charge in [0.1, 0.15) is 12.4 Å². The van der Waals surface area contributed by atoms with Crippen molar-refractivity contribution in [2.24, 2.45) is 5.92 Å². The van der Waals surface area contributed by atoms with E-state index < -0.39 is 11.7 Å². The van der Waals surface area contributed by atoms with Crippen LogP contribution in [-0.2, 0) is 28.8 Å². The number of nitrogens with one attached hydrogen (secondary N) is 1. The van der Waals surface area contributed by atoms with Crippen LogP contribution in [0.5, 0.6) is 5.75 Å². The number of ether oxygens (including phenoxy) is 2. The van der Waals surface area contributed by atoms with Gasteiger partial charge in [0.25, 0.3) is 0 Å². The fourth-order valence-corrected chi connectivity index (χ4v) is 5.09. The van der Waals surface area contributed by atoms with Crippen molar-refractivity contribution in [2.45, 2.75) is 33.1 Å². The molecular formula is C29H39F3N4O3. The fourth-order valence-electron chi connectivity index (χ4n) is 5.09. The van der Waals surface area contributed by atoms with Crippen molar-refractivity contribution in [3.63, 3.8) is 0 Å². The zero-order valence-electron chi connectivity index (χ0n) is 22.8. The molecule has 10 heteroatoms. The fraction of sp³-hybridized carbons (Fsp3) is 0.552. The van der Waals surface area contributed by atoms with E-state index in [1.807, 2.05) is 18.2 Å². The molecule has 0 bridgehead atoms. The van der Waals surface area contributed by atoms with Crippen LogP contribution >= 0.6 is 0 Å². The highest BCUT2D eigenvalue weighted by Gasteiger charge is 2.33. The lowest BCUT2D eigenvalue weighted by Crippen LogP contribution is -2.44. The predicted molar refractivity (Wildman–Crippen MR) is 145 cm³/mol. The van der Waals surface area contributed by atoms with Crippen molar-refractivity contribution in [3.8, 4) is 5.75 Å². The zero-order chi connectivity index (χ0) is 27.8. The lowest BCUT2D eigenvalue weighted by Gasteiger charge is -2.31. The number of morpholine rings is 1. The first kappa shape index (κ1) is 29.2. The first-order valence-corrected chi connectivity index (χ1v) is 13.6. The Balaban J connectivity index is 1.47. The third-order valence-corrected chi connectivity index (χ3v) is 7.02. The molecule has 2 aromatic carbocycles. The first-order chi connectivity index (χ1) is 18.7. The molecular weight excluding hydrogens is 509 g/mol. The van der Waals surface area contributed by atoms with Gasteiger partial charge in [-0.3, -0.25) is 14.6 Å². The van der Waals surface area contributed by atoms with Crippen LogP contribution in [0.2, 0.25) is 0 Å². The first-order valence-electron chi connectivity index (χ1n) is 13.6. The van der Waals surface area contributed by atoms with E-state index in [0.717, 1.165) is 55.8 Å². The van der Waals surface area contributed by atoms with Gasteiger partial charge in [-0.2, -0.15) is 13.2 Å². The Hall–Kier alpha value is -2.82. The SMILES string of the molecule is CC(C)CN1CCOc2c(cccc2NCC(=O)N(CCN2CCOCC2)Cc2ccccc2C(F)(F)F)C1. The van der Waals surface area contributed by atoms with E-state index >= 15 is 0 Å². The Morgan fingerprint density at radius 2 is 1.77 bits per heavy atom. The molecule has 0 spiro atoms. The minimum absolute atomic E-state index is 0.0488. The maximum atomic E-state index is 13.7. The van der Waals surface area contributed by atoms with Crippen LogP contribution in [0.4, 0.5) is 18.9 Å². The Kier molecular flexibility index (Phi) is 10.1. The van der Waals surface area contributed by atoms with Crippen LogP contribution in [0.3, 0.4) is 0 Å². The second-order valence-corrected chi connectivity index (χ2v) is 10.5. The number of halogens is 3. The number of fused-ring (bicyclic) bond motifs is 1. The Morgan fingerprint density at radius 3 is 2.51 bits per heavy atom. The lowest BCUT2D eigenvalue weighted by atomic mass is 10.1. The van der Waals surface area contributed by atoms with Gasteiger partial charge >= 0.3 is 6.18 Å². The predicted octanol–water partition coefficient (Wildman–Crippen LogP) is 4.33. The highest BCUT2D eigenvalue weighted by Crippen LogP contribution is 2.33. The highest BCUT2D eigenvalue weighted by molar-refractivity contribution is 5.81. The molecule has 0 saturated carbocycles. The maximum Gasteiger partial charge on any atom is 0.416 e. The molecule has 2 heterocycles. The van der Waals surface area contributed by atoms with Gasteiger partial charge in [-0.25, -0.2) is 0 Å². The summed E-state index contributed by atoms with van der Waals surface area (Å²) in [6.45, 7) is 10.9. The minimum Gasteiger partial charge on any atom is -0.490 e. The third-order valence-electron chi connectivity index (χ3n) is 7.02. The van der Waals surface area contributed by atoms with Crippen molar-refractivity contribution in [3.05, 3.63) is 59.2 Å². The molecule has 0 unspecified atom stereocenters. The van der Waals surface area contributed by atoms with E-state index in [1.165, 1.54) is 17.0 Å². The summed E-state index contributed by atoms with van der Waals surface area (Å²) >= 11 is 0. The second kappa shape index (κ2) is 13.5. The number of anilines is 1. The van der Waals surface area contributed by atoms with Crippen LogP contribution < -0.4 is 10.1 Å². The standard InChI is InChI=1S/C29H39F3N4O3/c1-22(2)19-35-14-17-39-28-24(20-35)7-5-9-26(28)33-18-27(37)36(11-10-34-12-15-38-16-13-34)21-23-6-3-4-8-25(23)29(30,31)32/h3-9,22,33H,10-21H2,1-2H3. The average Bonchev–Trinajstić information content (AvgIpc) is 3.11. The normalized spacial score (nSPS) is 16.9. The molecule has 0 aromatic heterocycles. The minimum atomic E-state index is -4.49. The van der Waals surface area contributed by atoms with Crippen molar-refractivity contribution < 1.29 is 27.4 Å². The zero-order valence-corrected chi connectivity index (χ0v) is 22.8. The summed E-state index contributed by atoms with van der Waals surface area (Å²) in [6, 6.07) is 11.3. The molecule has 39 heavy (non-hydrogen) atoms. The van der Waals surface area contributed by atoms with Gasteiger partial charge in [0.05, 0.1) is 31.0 Å². The third kappa shape index (κ3) is 8.33. The Bertz CT molecular complexity index is 1090. The largest absolute Gasteiger partial charge is 0.490 e. The number of carbonyl (C=O) groups excluding carboxylic acids is 1. The average molecular weight is 549 g/mol. The van der Waals surface area contributed by atoms with Crippen LogP contribution in [0.1, 0.15) is 30.5 Å². The van der Waals surface area contributed by atoms with Crippen molar-refractivity contribution in [1.29, 1.82) is 0 Å². The molecule has 2 aliphatic heterocycles. The Morgan fingerprint density at radius 1 is 1.03 bits per heavy atom. The van der Waals surface area contributed by atoms with E-state index in [9.17, 15) is 18.0 Å². The summed E-state index contributed by atoms with van der Waals surface area (Å²) in [6.07, 6.45) is -4.49. The highest BCUT2D eigenvalue weighted by atomic mass is 19.4. The van der Waals surface area contributed by atoms with E-state index in [1.54, 1.807) is 6.07 Å². The van der Waals surface area contributed by atoms with Gasteiger partial charge in [0.2, 0.25) is 5.91 Å². The number of amides is 1. The summed E-state index contributed by atoms with van der Waals surface area (Å²) < 4.78 is 52.5. The monoisotopic (exact) mass is 548 g/mol. The molecule has 214 valence electrons. The van der Waals surface area contributed by atoms with Crippen molar-refractivity contribution in [1.82, 2.24) is 14.7 Å². The van der Waals surface area contributed by atoms with Gasteiger partial charge in [-0.15, -0.1) is 0 Å². The van der Waals surface area contributed by atoms with E-state index in [0.29, 0.717) is 38.8 Å². The smallest absolute Gasteiger partial charge is 0.416 e. The number of alkyl halides is 3. The van der Waals surface area contributed by atoms with Gasteiger partial charge in [0, 0.05) is 57.9 Å². The number of para-hydroxylation sites is 1. The van der Waals surface area contributed by atoms with Crippen molar-refractivity contribution in [2.75, 3.05) is 71.0 Å². The molecule has 1 saturated heterocycles. The molecule has 0 atom stereocenters. The topological polar surface area (TPSA) is 57.3 Å². The van der Waals surface area contributed by atoms with Gasteiger partial charge in [-0.1, -0.05) is 44.2 Å². The number of benzene rings is 2. The van der Waals surface area contributed by atoms with Crippen molar-refractivity contribution >= 4 is 11.6 Å². The summed E-state index contributed by atoms with van der Waals surface area (Å²) in [5.74, 6) is 1.00. The van der Waals surface area contributed by atoms with E-state index in [-0.39, 0.29) is 24.6 Å². The van der Waals surface area contributed by atoms with Crippen LogP contribution in [0, 0.1) is 5.92 Å². The number of hydrogen-bond acceptors (Lipinski definition) is 6. The van der Waals surface area contributed by atoms with Crippen LogP contribution in [-0.4, -0.2) is 86.2 Å². The summed E-state index contributed by atoms with van der Waals surface area (Å²) in [5.41, 5.74) is 1.14. The second-order valence-electron chi connectivity index (χ2n) is 10.5. The summed E-state index contributed by atoms with van der Waals surface area (Å²) in [7, 11) is 0. The quantitative estimate of drug-likeness (QED) is 0.477. The van der Waals surface area contributed by atoms with E-state index in [4.69, 9.17) is 9.47 Å². The molecule has 7 nitrogen and oxygen atoms in total. The van der Waals surface area contributed by atoms with Crippen LogP contribution in [0.25, 0.3) is 0 Å². The Labute approximate surface area is 228 Å². The van der Waals surface area contributed by atoms with E-state index in [2.05, 4.69) is 29.0 Å². The molecule has 4 rings (SSSR count).